The van der Waals surface area contributed by atoms with Crippen LogP contribution in [0.1, 0.15) is 12.6 Å². The Morgan fingerprint density at radius 2 is 1.93 bits per heavy atom. The van der Waals surface area contributed by atoms with Crippen LogP contribution in [0.4, 0.5) is 10.8 Å². The highest BCUT2D eigenvalue weighted by Gasteiger charge is 2.18. The number of hydrogen-bond acceptors (Lipinski definition) is 8. The number of para-hydroxylation sites is 3. The third-order valence-corrected chi connectivity index (χ3v) is 5.99. The number of rotatable bonds is 7. The molecule has 0 N–H and O–H groups in total. The zero-order valence-electron chi connectivity index (χ0n) is 16.3. The van der Waals surface area contributed by atoms with E-state index in [1.165, 1.54) is 30.0 Å². The number of methoxy groups -OCH3 is 1. The number of thiazole rings is 1. The van der Waals surface area contributed by atoms with Gasteiger partial charge in [-0.1, -0.05) is 42.1 Å². The summed E-state index contributed by atoms with van der Waals surface area (Å²) in [6, 6.07) is 17.0. The third-order valence-electron chi connectivity index (χ3n) is 4.16. The summed E-state index contributed by atoms with van der Waals surface area (Å²) < 4.78 is 7.05. The van der Waals surface area contributed by atoms with Gasteiger partial charge in [-0.25, -0.2) is 4.98 Å². The average molecular weight is 439 g/mol. The Hall–Kier alpha value is -3.24. The van der Waals surface area contributed by atoms with Crippen LogP contribution in [0.3, 0.4) is 0 Å². The minimum atomic E-state index is -0.0881. The van der Waals surface area contributed by atoms with Crippen LogP contribution in [0, 0.1) is 0 Å². The summed E-state index contributed by atoms with van der Waals surface area (Å²) >= 11 is 2.89. The van der Waals surface area contributed by atoms with E-state index in [1.807, 2.05) is 60.0 Å². The first-order valence-corrected chi connectivity index (χ1v) is 10.9. The number of benzene rings is 2. The largest absolute Gasteiger partial charge is 0.494 e. The summed E-state index contributed by atoms with van der Waals surface area (Å²) in [4.78, 5) is 18.5. The van der Waals surface area contributed by atoms with Crippen LogP contribution >= 0.6 is 23.1 Å². The van der Waals surface area contributed by atoms with Gasteiger partial charge in [0.15, 0.2) is 5.13 Å². The number of tetrazole rings is 1. The average Bonchev–Trinajstić information content (AvgIpc) is 3.42. The van der Waals surface area contributed by atoms with E-state index in [2.05, 4.69) is 20.5 Å². The Balaban J connectivity index is 1.52. The van der Waals surface area contributed by atoms with Gasteiger partial charge in [-0.15, -0.1) is 16.4 Å². The lowest BCUT2D eigenvalue weighted by molar-refractivity contribution is -0.115. The molecule has 30 heavy (non-hydrogen) atoms. The maximum absolute atomic E-state index is 12.2. The first kappa shape index (κ1) is 20.0. The second kappa shape index (κ2) is 9.06. The molecule has 0 radical (unpaired) electrons. The van der Waals surface area contributed by atoms with Crippen LogP contribution in [0.2, 0.25) is 0 Å². The smallest absolute Gasteiger partial charge is 0.230 e. The normalized spacial score (nSPS) is 10.7. The Morgan fingerprint density at radius 1 is 1.17 bits per heavy atom. The molecule has 8 nitrogen and oxygen atoms in total. The lowest BCUT2D eigenvalue weighted by Gasteiger charge is -2.17. The molecule has 1 amide bonds. The minimum absolute atomic E-state index is 0.0881. The number of hydrogen-bond donors (Lipinski definition) is 0. The van der Waals surface area contributed by atoms with Crippen LogP contribution in [0.15, 0.2) is 65.1 Å². The van der Waals surface area contributed by atoms with E-state index >= 15 is 0 Å². The summed E-state index contributed by atoms with van der Waals surface area (Å²) in [5, 5.41) is 15.2. The molecule has 0 spiro atoms. The number of anilines is 2. The van der Waals surface area contributed by atoms with E-state index in [4.69, 9.17) is 4.74 Å². The van der Waals surface area contributed by atoms with Crippen molar-refractivity contribution in [3.8, 4) is 11.4 Å². The number of carbonyl (C=O) groups excluding carboxylic acids is 1. The van der Waals surface area contributed by atoms with Crippen LogP contribution in [0.25, 0.3) is 5.69 Å². The van der Waals surface area contributed by atoms with Crippen molar-refractivity contribution in [2.75, 3.05) is 12.0 Å². The summed E-state index contributed by atoms with van der Waals surface area (Å²) in [5.41, 5.74) is 2.40. The topological polar surface area (TPSA) is 86.0 Å². The molecule has 10 heteroatoms. The molecule has 2 aromatic heterocycles. The van der Waals surface area contributed by atoms with Crippen LogP contribution < -0.4 is 9.64 Å². The van der Waals surface area contributed by atoms with Crippen molar-refractivity contribution in [2.45, 2.75) is 17.8 Å². The Bertz CT molecular complexity index is 1140. The first-order valence-electron chi connectivity index (χ1n) is 9.02. The van der Waals surface area contributed by atoms with Gasteiger partial charge in [0, 0.05) is 18.1 Å². The van der Waals surface area contributed by atoms with Crippen molar-refractivity contribution in [1.82, 2.24) is 25.2 Å². The van der Waals surface area contributed by atoms with Crippen LogP contribution in [0.5, 0.6) is 5.75 Å². The maximum atomic E-state index is 12.2. The molecule has 0 aliphatic rings. The van der Waals surface area contributed by atoms with Gasteiger partial charge in [0.2, 0.25) is 11.1 Å². The van der Waals surface area contributed by atoms with E-state index in [0.29, 0.717) is 21.8 Å². The van der Waals surface area contributed by atoms with Gasteiger partial charge in [0.1, 0.15) is 11.4 Å². The highest BCUT2D eigenvalue weighted by Crippen LogP contribution is 2.31. The van der Waals surface area contributed by atoms with Gasteiger partial charge < -0.3 is 4.74 Å². The van der Waals surface area contributed by atoms with Crippen molar-refractivity contribution in [3.05, 3.63) is 65.7 Å². The minimum Gasteiger partial charge on any atom is -0.494 e. The van der Waals surface area contributed by atoms with E-state index in [0.717, 1.165) is 17.1 Å². The quantitative estimate of drug-likeness (QED) is 0.402. The third kappa shape index (κ3) is 4.19. The fourth-order valence-corrected chi connectivity index (χ4v) is 4.60. The Kier molecular flexibility index (Phi) is 6.05. The molecule has 152 valence electrons. The zero-order valence-corrected chi connectivity index (χ0v) is 17.9. The molecule has 0 bridgehead atoms. The second-order valence-corrected chi connectivity index (χ2v) is 7.92. The molecule has 0 aliphatic carbocycles. The van der Waals surface area contributed by atoms with E-state index in [9.17, 15) is 4.79 Å². The summed E-state index contributed by atoms with van der Waals surface area (Å²) in [7, 11) is 1.61. The zero-order chi connectivity index (χ0) is 20.9. The molecule has 0 aliphatic heterocycles. The highest BCUT2D eigenvalue weighted by molar-refractivity contribution is 7.98. The molecule has 0 fully saturated rings. The SMILES string of the molecule is COc1ccccc1-n1nnnc1SCc1csc(N(C(C)=O)c2ccccc2)n1. The lowest BCUT2D eigenvalue weighted by atomic mass is 10.3. The number of thioether (sulfide) groups is 1. The van der Waals surface area contributed by atoms with Crippen molar-refractivity contribution >= 4 is 39.8 Å². The fourth-order valence-electron chi connectivity index (χ4n) is 2.83. The van der Waals surface area contributed by atoms with Gasteiger partial charge in [-0.05, 0) is 34.7 Å². The van der Waals surface area contributed by atoms with Gasteiger partial charge in [-0.2, -0.15) is 4.68 Å². The predicted octanol–water partition coefficient (Wildman–Crippen LogP) is 4.10. The Morgan fingerprint density at radius 3 is 2.70 bits per heavy atom. The van der Waals surface area contributed by atoms with Crippen LogP contribution in [-0.2, 0) is 10.5 Å². The van der Waals surface area contributed by atoms with Crippen molar-refractivity contribution < 1.29 is 9.53 Å². The first-order chi connectivity index (χ1) is 14.7. The molecule has 4 rings (SSSR count). The standard InChI is InChI=1S/C20H18N6O2S2/c1-14(27)25(16-8-4-3-5-9-16)19-21-15(12-29-19)13-30-20-22-23-24-26(20)17-10-6-7-11-18(17)28-2/h3-12H,13H2,1-2H3. The molecule has 4 aromatic rings. The Labute approximate surface area is 181 Å². The number of carbonyl (C=O) groups is 1. The fraction of sp³-hybridized carbons (Fsp3) is 0.150. The van der Waals surface area contributed by atoms with E-state index in [1.54, 1.807) is 16.7 Å². The highest BCUT2D eigenvalue weighted by atomic mass is 32.2. The molecule has 0 unspecified atom stereocenters. The second-order valence-electron chi connectivity index (χ2n) is 6.15. The van der Waals surface area contributed by atoms with Crippen molar-refractivity contribution in [3.63, 3.8) is 0 Å². The van der Waals surface area contributed by atoms with E-state index in [-0.39, 0.29) is 5.91 Å². The summed E-state index contributed by atoms with van der Waals surface area (Å²) in [6.07, 6.45) is 0. The van der Waals surface area contributed by atoms with Crippen molar-refractivity contribution in [1.29, 1.82) is 0 Å². The molecule has 0 atom stereocenters. The number of nitrogens with zero attached hydrogens (tertiary/aromatic N) is 6. The van der Waals surface area contributed by atoms with Gasteiger partial charge >= 0.3 is 0 Å². The lowest BCUT2D eigenvalue weighted by Crippen LogP contribution is -2.22. The van der Waals surface area contributed by atoms with Crippen LogP contribution in [-0.4, -0.2) is 38.2 Å². The summed E-state index contributed by atoms with van der Waals surface area (Å²) in [5.74, 6) is 1.16. The monoisotopic (exact) mass is 438 g/mol. The molecule has 0 saturated heterocycles. The summed E-state index contributed by atoms with van der Waals surface area (Å²) in [6.45, 7) is 1.53. The number of ether oxygens (including phenoxy) is 1. The van der Waals surface area contributed by atoms with Gasteiger partial charge in [0.25, 0.3) is 0 Å². The molecule has 0 saturated carbocycles. The van der Waals surface area contributed by atoms with Crippen molar-refractivity contribution in [2.24, 2.45) is 0 Å². The molecular weight excluding hydrogens is 420 g/mol. The molecule has 2 heterocycles. The maximum Gasteiger partial charge on any atom is 0.230 e. The van der Waals surface area contributed by atoms with E-state index < -0.39 is 0 Å². The van der Waals surface area contributed by atoms with Gasteiger partial charge in [-0.3, -0.25) is 9.69 Å². The van der Waals surface area contributed by atoms with Gasteiger partial charge in [0.05, 0.1) is 18.5 Å². The number of aromatic nitrogens is 5. The molecular formula is C20H18N6O2S2. The number of amides is 1. The molecule has 2 aromatic carbocycles. The predicted molar refractivity (Wildman–Crippen MR) is 117 cm³/mol.